The number of anilines is 1. The molecule has 0 aliphatic carbocycles. The van der Waals surface area contributed by atoms with Crippen LogP contribution in [0.3, 0.4) is 0 Å². The van der Waals surface area contributed by atoms with Gasteiger partial charge >= 0.3 is 6.09 Å². The second kappa shape index (κ2) is 6.63. The van der Waals surface area contributed by atoms with Crippen LogP contribution >= 0.6 is 0 Å². The van der Waals surface area contributed by atoms with Crippen LogP contribution in [0, 0.1) is 5.92 Å². The zero-order valence-electron chi connectivity index (χ0n) is 14.2. The summed E-state index contributed by atoms with van der Waals surface area (Å²) in [6.45, 7) is 2.69. The number of likely N-dealkylation sites (tertiary alicyclic amines) is 1. The quantitative estimate of drug-likeness (QED) is 0.857. The zero-order chi connectivity index (χ0) is 17.2. The van der Waals surface area contributed by atoms with E-state index < -0.39 is 0 Å². The summed E-state index contributed by atoms with van der Waals surface area (Å²) in [5.41, 5.74) is 2.04. The maximum absolute atomic E-state index is 12.3. The molecule has 1 aromatic carbocycles. The van der Waals surface area contributed by atoms with Crippen molar-refractivity contribution in [1.82, 2.24) is 9.88 Å². The van der Waals surface area contributed by atoms with Crippen LogP contribution in [0.25, 0.3) is 0 Å². The summed E-state index contributed by atoms with van der Waals surface area (Å²) in [7, 11) is 1.64. The van der Waals surface area contributed by atoms with Crippen LogP contribution in [0.5, 0.6) is 5.75 Å². The van der Waals surface area contributed by atoms with E-state index in [-0.39, 0.29) is 6.09 Å². The largest absolute Gasteiger partial charge is 0.495 e. The van der Waals surface area contributed by atoms with Crippen molar-refractivity contribution in [2.75, 3.05) is 31.6 Å². The molecule has 1 amide bonds. The van der Waals surface area contributed by atoms with Gasteiger partial charge in [-0.25, -0.2) is 4.79 Å². The van der Waals surface area contributed by atoms with E-state index in [2.05, 4.69) is 9.88 Å². The molecule has 0 unspecified atom stereocenters. The second-order valence-corrected chi connectivity index (χ2v) is 6.51. The number of benzene rings is 1. The lowest BCUT2D eigenvalue weighted by Gasteiger charge is -2.45. The molecule has 0 radical (unpaired) electrons. The third kappa shape index (κ3) is 3.12. The molecular formula is C19H21N3O3. The Balaban J connectivity index is 1.34. The van der Waals surface area contributed by atoms with Crippen LogP contribution in [0.1, 0.15) is 5.56 Å². The molecule has 6 nitrogen and oxygen atoms in total. The Hall–Kier alpha value is -2.76. The fraction of sp³-hybridized carbons (Fsp3) is 0.368. The maximum atomic E-state index is 12.3. The van der Waals surface area contributed by atoms with Gasteiger partial charge < -0.3 is 19.3 Å². The van der Waals surface area contributed by atoms with Crippen LogP contribution in [-0.2, 0) is 11.3 Å². The van der Waals surface area contributed by atoms with Gasteiger partial charge in [-0.15, -0.1) is 0 Å². The van der Waals surface area contributed by atoms with E-state index in [1.807, 2.05) is 47.5 Å². The normalized spacial score (nSPS) is 21.5. The lowest BCUT2D eigenvalue weighted by Crippen LogP contribution is -2.55. The third-order valence-corrected chi connectivity index (χ3v) is 4.97. The molecule has 2 fully saturated rings. The Morgan fingerprint density at radius 2 is 2.04 bits per heavy atom. The summed E-state index contributed by atoms with van der Waals surface area (Å²) < 4.78 is 10.7. The molecule has 2 saturated heterocycles. The van der Waals surface area contributed by atoms with E-state index in [4.69, 9.17) is 9.47 Å². The number of aromatic nitrogens is 1. The van der Waals surface area contributed by atoms with E-state index in [0.717, 1.165) is 30.1 Å². The second-order valence-electron chi connectivity index (χ2n) is 6.51. The first-order valence-electron chi connectivity index (χ1n) is 8.46. The highest BCUT2D eigenvalue weighted by Crippen LogP contribution is 2.37. The summed E-state index contributed by atoms with van der Waals surface area (Å²) >= 11 is 0. The van der Waals surface area contributed by atoms with Crippen LogP contribution < -0.4 is 9.64 Å². The zero-order valence-corrected chi connectivity index (χ0v) is 14.2. The molecule has 130 valence electrons. The minimum Gasteiger partial charge on any atom is -0.495 e. The van der Waals surface area contributed by atoms with Crippen molar-refractivity contribution in [3.63, 3.8) is 0 Å². The lowest BCUT2D eigenvalue weighted by molar-refractivity contribution is 0.103. The highest BCUT2D eigenvalue weighted by atomic mass is 16.6. The molecule has 2 aliphatic heterocycles. The van der Waals surface area contributed by atoms with Crippen LogP contribution in [0.4, 0.5) is 10.5 Å². The Labute approximate surface area is 147 Å². The molecule has 4 rings (SSSR count). The average Bonchev–Trinajstić information content (AvgIpc) is 2.98. The van der Waals surface area contributed by atoms with Gasteiger partial charge in [-0.1, -0.05) is 30.3 Å². The predicted octanol–water partition coefficient (Wildman–Crippen LogP) is 2.55. The van der Waals surface area contributed by atoms with Gasteiger partial charge in [-0.05, 0) is 5.56 Å². The number of ether oxygens (including phenoxy) is 2. The molecule has 1 aromatic heterocycles. The molecule has 2 aliphatic rings. The summed E-state index contributed by atoms with van der Waals surface area (Å²) in [6.07, 6.45) is 3.31. The Bertz CT molecular complexity index is 753. The summed E-state index contributed by atoms with van der Waals surface area (Å²) in [6, 6.07) is 12.1. The van der Waals surface area contributed by atoms with Crippen molar-refractivity contribution in [3.8, 4) is 5.75 Å². The number of methoxy groups -OCH3 is 1. The standard InChI is InChI=1S/C19H21N3O3/c1-24-17-7-16(8-20-9-17)22-11-15-10-21(12-18(15)22)19(23)25-13-14-5-3-2-4-6-14/h2-9,15,18H,10-13H2,1H3/t15-,18-/m1/s1. The van der Waals surface area contributed by atoms with E-state index in [0.29, 0.717) is 25.1 Å². The lowest BCUT2D eigenvalue weighted by atomic mass is 9.91. The van der Waals surface area contributed by atoms with E-state index in [1.54, 1.807) is 13.3 Å². The van der Waals surface area contributed by atoms with E-state index >= 15 is 0 Å². The number of carbonyl (C=O) groups excluding carboxylic acids is 1. The number of rotatable bonds is 4. The van der Waals surface area contributed by atoms with Gasteiger partial charge in [0.1, 0.15) is 12.4 Å². The highest BCUT2D eigenvalue weighted by Gasteiger charge is 2.47. The molecule has 3 heterocycles. The van der Waals surface area contributed by atoms with Gasteiger partial charge in [0.2, 0.25) is 0 Å². The van der Waals surface area contributed by atoms with E-state index in [9.17, 15) is 4.79 Å². The molecule has 0 N–H and O–H groups in total. The average molecular weight is 339 g/mol. The molecule has 6 heteroatoms. The van der Waals surface area contributed by atoms with Gasteiger partial charge in [0.25, 0.3) is 0 Å². The van der Waals surface area contributed by atoms with Crippen LogP contribution in [0.15, 0.2) is 48.8 Å². The summed E-state index contributed by atoms with van der Waals surface area (Å²) in [5, 5.41) is 0. The first-order valence-corrected chi connectivity index (χ1v) is 8.46. The minimum atomic E-state index is -0.234. The summed E-state index contributed by atoms with van der Waals surface area (Å²) in [4.78, 5) is 20.6. The van der Waals surface area contributed by atoms with Crippen molar-refractivity contribution < 1.29 is 14.3 Å². The predicted molar refractivity (Wildman–Crippen MR) is 93.6 cm³/mol. The van der Waals surface area contributed by atoms with Crippen molar-refractivity contribution >= 4 is 11.8 Å². The minimum absolute atomic E-state index is 0.234. The van der Waals surface area contributed by atoms with E-state index in [1.165, 1.54) is 0 Å². The van der Waals surface area contributed by atoms with Gasteiger partial charge in [0.15, 0.2) is 0 Å². The molecule has 2 aromatic rings. The number of nitrogens with zero attached hydrogens (tertiary/aromatic N) is 3. The molecule has 0 bridgehead atoms. The van der Waals surface area contributed by atoms with Crippen LogP contribution in [0.2, 0.25) is 0 Å². The Kier molecular flexibility index (Phi) is 4.17. The maximum Gasteiger partial charge on any atom is 0.410 e. The Morgan fingerprint density at radius 1 is 1.20 bits per heavy atom. The fourth-order valence-corrected chi connectivity index (χ4v) is 3.57. The van der Waals surface area contributed by atoms with Crippen molar-refractivity contribution in [2.45, 2.75) is 12.6 Å². The molecule has 0 saturated carbocycles. The van der Waals surface area contributed by atoms with Crippen molar-refractivity contribution in [1.29, 1.82) is 0 Å². The van der Waals surface area contributed by atoms with Crippen LogP contribution in [-0.4, -0.2) is 48.8 Å². The van der Waals surface area contributed by atoms with Gasteiger partial charge in [0, 0.05) is 31.6 Å². The molecule has 25 heavy (non-hydrogen) atoms. The topological polar surface area (TPSA) is 54.9 Å². The number of carbonyl (C=O) groups is 1. The smallest absolute Gasteiger partial charge is 0.410 e. The first-order chi connectivity index (χ1) is 12.2. The third-order valence-electron chi connectivity index (χ3n) is 4.97. The SMILES string of the molecule is COc1cncc(N2C[C@H]3CN(C(=O)OCc4ccccc4)C[C@H]32)c1. The van der Waals surface area contributed by atoms with Crippen molar-refractivity contribution in [2.24, 2.45) is 5.92 Å². The Morgan fingerprint density at radius 3 is 2.84 bits per heavy atom. The van der Waals surface area contributed by atoms with Crippen molar-refractivity contribution in [3.05, 3.63) is 54.4 Å². The highest BCUT2D eigenvalue weighted by molar-refractivity contribution is 5.69. The number of hydrogen-bond acceptors (Lipinski definition) is 5. The molecule has 2 atom stereocenters. The van der Waals surface area contributed by atoms with Gasteiger partial charge in [-0.3, -0.25) is 4.98 Å². The van der Waals surface area contributed by atoms with Gasteiger partial charge in [-0.2, -0.15) is 0 Å². The molecular weight excluding hydrogens is 318 g/mol. The fourth-order valence-electron chi connectivity index (χ4n) is 3.57. The number of fused-ring (bicyclic) bond motifs is 1. The monoisotopic (exact) mass is 339 g/mol. The first kappa shape index (κ1) is 15.7. The summed E-state index contributed by atoms with van der Waals surface area (Å²) in [5.74, 6) is 1.24. The number of pyridine rings is 1. The number of amides is 1. The van der Waals surface area contributed by atoms with Gasteiger partial charge in [0.05, 0.1) is 31.2 Å². The molecule has 0 spiro atoms. The number of hydrogen-bond donors (Lipinski definition) is 0.